The van der Waals surface area contributed by atoms with Gasteiger partial charge < -0.3 is 14.1 Å². The number of aryl methyl sites for hydroxylation is 1. The fraction of sp³-hybridized carbons (Fsp3) is 0.185. The Kier molecular flexibility index (Phi) is 5.02. The number of amides is 1. The van der Waals surface area contributed by atoms with Crippen LogP contribution in [0, 0.1) is 6.92 Å². The third-order valence-corrected chi connectivity index (χ3v) is 6.04. The van der Waals surface area contributed by atoms with Crippen molar-refractivity contribution in [2.75, 3.05) is 13.7 Å². The van der Waals surface area contributed by atoms with Crippen LogP contribution in [0.2, 0.25) is 0 Å². The second kappa shape index (κ2) is 8.00. The summed E-state index contributed by atoms with van der Waals surface area (Å²) in [6.07, 6.45) is 0.681. The number of rotatable bonds is 5. The van der Waals surface area contributed by atoms with Gasteiger partial charge in [0.15, 0.2) is 5.43 Å². The van der Waals surface area contributed by atoms with E-state index in [1.165, 1.54) is 0 Å². The van der Waals surface area contributed by atoms with Crippen LogP contribution >= 0.6 is 0 Å². The van der Waals surface area contributed by atoms with Gasteiger partial charge in [-0.05, 0) is 48.7 Å². The van der Waals surface area contributed by atoms with Gasteiger partial charge in [-0.25, -0.2) is 0 Å². The van der Waals surface area contributed by atoms with Crippen LogP contribution in [0.1, 0.15) is 38.9 Å². The lowest BCUT2D eigenvalue weighted by atomic mass is 9.98. The summed E-state index contributed by atoms with van der Waals surface area (Å²) < 4.78 is 11.3. The molecule has 4 aromatic rings. The molecule has 5 heteroatoms. The molecule has 0 N–H and O–H groups in total. The Labute approximate surface area is 185 Å². The maximum absolute atomic E-state index is 13.6. The summed E-state index contributed by atoms with van der Waals surface area (Å²) in [7, 11) is 1.61. The van der Waals surface area contributed by atoms with Crippen molar-refractivity contribution in [2.45, 2.75) is 19.4 Å². The van der Waals surface area contributed by atoms with E-state index in [4.69, 9.17) is 9.15 Å². The van der Waals surface area contributed by atoms with E-state index in [1.807, 2.05) is 73.7 Å². The third kappa shape index (κ3) is 3.36. The second-order valence-corrected chi connectivity index (χ2v) is 8.08. The van der Waals surface area contributed by atoms with Gasteiger partial charge in [-0.15, -0.1) is 0 Å². The summed E-state index contributed by atoms with van der Waals surface area (Å²) in [5, 5.41) is 0.500. The Morgan fingerprint density at radius 3 is 2.44 bits per heavy atom. The van der Waals surface area contributed by atoms with E-state index in [2.05, 4.69) is 0 Å². The molecule has 3 aromatic carbocycles. The van der Waals surface area contributed by atoms with Crippen molar-refractivity contribution in [3.05, 3.63) is 111 Å². The highest BCUT2D eigenvalue weighted by Gasteiger charge is 2.42. The minimum atomic E-state index is -0.506. The molecular formula is C27H23NO4. The Morgan fingerprint density at radius 1 is 0.969 bits per heavy atom. The molecule has 5 rings (SSSR count). The fourth-order valence-corrected chi connectivity index (χ4v) is 4.39. The SMILES string of the molecule is COc1ccc(C2c3c(oc4ccc(C)cc4c3=O)C(=O)N2CCc2ccccc2)cc1. The smallest absolute Gasteiger partial charge is 0.290 e. The number of carbonyl (C=O) groups is 1. The van der Waals surface area contributed by atoms with Crippen molar-refractivity contribution < 1.29 is 13.9 Å². The Morgan fingerprint density at radius 2 is 1.72 bits per heavy atom. The van der Waals surface area contributed by atoms with Crippen molar-refractivity contribution in [1.29, 1.82) is 0 Å². The number of benzene rings is 3. The number of carbonyl (C=O) groups excluding carboxylic acids is 1. The summed E-state index contributed by atoms with van der Waals surface area (Å²) in [5.74, 6) is 0.604. The molecule has 160 valence electrons. The molecule has 1 unspecified atom stereocenters. The molecule has 0 bridgehead atoms. The van der Waals surface area contributed by atoms with Crippen LogP contribution < -0.4 is 10.2 Å². The molecule has 0 aliphatic carbocycles. The van der Waals surface area contributed by atoms with E-state index in [9.17, 15) is 9.59 Å². The molecule has 2 heterocycles. The van der Waals surface area contributed by atoms with Gasteiger partial charge in [0.2, 0.25) is 5.76 Å². The zero-order chi connectivity index (χ0) is 22.2. The number of fused-ring (bicyclic) bond motifs is 2. The highest BCUT2D eigenvalue weighted by molar-refractivity contribution is 5.99. The van der Waals surface area contributed by atoms with Gasteiger partial charge in [0.05, 0.1) is 24.1 Å². The van der Waals surface area contributed by atoms with Crippen molar-refractivity contribution in [2.24, 2.45) is 0 Å². The van der Waals surface area contributed by atoms with Crippen LogP contribution in [0.15, 0.2) is 82.0 Å². The average molecular weight is 425 g/mol. The molecule has 5 nitrogen and oxygen atoms in total. The molecule has 1 amide bonds. The topological polar surface area (TPSA) is 59.8 Å². The summed E-state index contributed by atoms with van der Waals surface area (Å²) >= 11 is 0. The molecule has 0 radical (unpaired) electrons. The van der Waals surface area contributed by atoms with Gasteiger partial charge in [0, 0.05) is 6.54 Å². The summed E-state index contributed by atoms with van der Waals surface area (Å²) in [5.41, 5.74) is 3.64. The quantitative estimate of drug-likeness (QED) is 0.456. The first kappa shape index (κ1) is 20.1. The van der Waals surface area contributed by atoms with Crippen molar-refractivity contribution in [1.82, 2.24) is 4.90 Å². The molecule has 32 heavy (non-hydrogen) atoms. The van der Waals surface area contributed by atoms with Crippen LogP contribution in [-0.4, -0.2) is 24.5 Å². The average Bonchev–Trinajstić information content (AvgIpc) is 3.10. The number of hydrogen-bond donors (Lipinski definition) is 0. The predicted octanol–water partition coefficient (Wildman–Crippen LogP) is 4.90. The zero-order valence-corrected chi connectivity index (χ0v) is 18.0. The Balaban J connectivity index is 1.65. The van der Waals surface area contributed by atoms with Crippen molar-refractivity contribution in [3.8, 4) is 5.75 Å². The highest BCUT2D eigenvalue weighted by Crippen LogP contribution is 2.38. The largest absolute Gasteiger partial charge is 0.497 e. The lowest BCUT2D eigenvalue weighted by Gasteiger charge is -2.25. The number of hydrogen-bond acceptors (Lipinski definition) is 4. The van der Waals surface area contributed by atoms with Gasteiger partial charge in [-0.2, -0.15) is 0 Å². The summed E-state index contributed by atoms with van der Waals surface area (Å²) in [6, 6.07) is 22.5. The van der Waals surface area contributed by atoms with E-state index in [0.29, 0.717) is 29.5 Å². The Bertz CT molecular complexity index is 1360. The minimum absolute atomic E-state index is 0.139. The van der Waals surface area contributed by atoms with Crippen LogP contribution in [0.25, 0.3) is 11.0 Å². The molecule has 0 saturated carbocycles. The van der Waals surface area contributed by atoms with Gasteiger partial charge >= 0.3 is 0 Å². The van der Waals surface area contributed by atoms with E-state index >= 15 is 0 Å². The van der Waals surface area contributed by atoms with Crippen molar-refractivity contribution >= 4 is 16.9 Å². The first-order chi connectivity index (χ1) is 15.6. The zero-order valence-electron chi connectivity index (χ0n) is 18.0. The lowest BCUT2D eigenvalue weighted by Crippen LogP contribution is -2.31. The predicted molar refractivity (Wildman–Crippen MR) is 123 cm³/mol. The van der Waals surface area contributed by atoms with Crippen LogP contribution in [0.5, 0.6) is 5.75 Å². The molecule has 0 spiro atoms. The maximum Gasteiger partial charge on any atom is 0.290 e. The first-order valence-corrected chi connectivity index (χ1v) is 10.6. The normalized spacial score (nSPS) is 15.2. The number of methoxy groups -OCH3 is 1. The van der Waals surface area contributed by atoms with E-state index in [-0.39, 0.29) is 17.1 Å². The van der Waals surface area contributed by atoms with Crippen LogP contribution in [-0.2, 0) is 6.42 Å². The Hall–Kier alpha value is -3.86. The second-order valence-electron chi connectivity index (χ2n) is 8.08. The fourth-order valence-electron chi connectivity index (χ4n) is 4.39. The van der Waals surface area contributed by atoms with E-state index in [1.54, 1.807) is 18.1 Å². The van der Waals surface area contributed by atoms with Gasteiger partial charge in [0.1, 0.15) is 11.3 Å². The molecule has 0 fully saturated rings. The van der Waals surface area contributed by atoms with Crippen molar-refractivity contribution in [3.63, 3.8) is 0 Å². The highest BCUT2D eigenvalue weighted by atomic mass is 16.5. The van der Waals surface area contributed by atoms with E-state index in [0.717, 1.165) is 22.4 Å². The summed E-state index contributed by atoms with van der Waals surface area (Å²) in [6.45, 7) is 2.41. The summed E-state index contributed by atoms with van der Waals surface area (Å²) in [4.78, 5) is 28.8. The minimum Gasteiger partial charge on any atom is -0.497 e. The number of ether oxygens (including phenoxy) is 1. The van der Waals surface area contributed by atoms with Gasteiger partial charge in [0.25, 0.3) is 5.91 Å². The number of nitrogens with zero attached hydrogens (tertiary/aromatic N) is 1. The molecule has 1 aliphatic rings. The molecule has 0 saturated heterocycles. The molecule has 1 atom stereocenters. The van der Waals surface area contributed by atoms with Gasteiger partial charge in [-0.1, -0.05) is 54.1 Å². The van der Waals surface area contributed by atoms with Crippen LogP contribution in [0.3, 0.4) is 0 Å². The maximum atomic E-state index is 13.6. The first-order valence-electron chi connectivity index (χ1n) is 10.6. The van der Waals surface area contributed by atoms with E-state index < -0.39 is 6.04 Å². The standard InChI is InChI=1S/C27H23NO4/c1-17-8-13-22-21(16-17)25(29)23-24(19-9-11-20(31-2)12-10-19)28(27(30)26(23)32-22)15-14-18-6-4-3-5-7-18/h3-13,16,24H,14-15H2,1-2H3. The molecule has 1 aliphatic heterocycles. The lowest BCUT2D eigenvalue weighted by molar-refractivity contribution is 0.0730. The third-order valence-electron chi connectivity index (χ3n) is 6.04. The van der Waals surface area contributed by atoms with Crippen LogP contribution in [0.4, 0.5) is 0 Å². The monoisotopic (exact) mass is 425 g/mol. The van der Waals surface area contributed by atoms with Gasteiger partial charge in [-0.3, -0.25) is 9.59 Å². The molecule has 1 aromatic heterocycles. The molecular weight excluding hydrogens is 402 g/mol.